The van der Waals surface area contributed by atoms with Crippen LogP contribution in [0.4, 0.5) is 5.69 Å². The number of halogens is 2. The molecule has 0 radical (unpaired) electrons. The molecule has 2 rings (SSSR count). The number of ether oxygens (including phenoxy) is 4. The third-order valence-electron chi connectivity index (χ3n) is 3.20. The molecule has 1 amide bonds. The summed E-state index contributed by atoms with van der Waals surface area (Å²) in [6, 6.07) is 8.32. The Morgan fingerprint density at radius 1 is 1.04 bits per heavy atom. The quantitative estimate of drug-likeness (QED) is 0.715. The largest absolute Gasteiger partial charge is 0.493 e. The summed E-state index contributed by atoms with van der Waals surface area (Å²) in [5, 5.41) is 3.29. The van der Waals surface area contributed by atoms with Gasteiger partial charge in [-0.15, -0.1) is 0 Å². The van der Waals surface area contributed by atoms with Gasteiger partial charge in [-0.2, -0.15) is 0 Å². The van der Waals surface area contributed by atoms with Crippen molar-refractivity contribution < 1.29 is 23.7 Å². The molecule has 2 aromatic rings. The fourth-order valence-electron chi connectivity index (χ4n) is 2.09. The van der Waals surface area contributed by atoms with Gasteiger partial charge in [0.15, 0.2) is 18.1 Å². The number of carbonyl (C=O) groups excluding carboxylic acids is 1. The molecule has 0 aliphatic rings. The molecule has 0 aromatic heterocycles. The predicted molar refractivity (Wildman–Crippen MR) is 99.4 cm³/mol. The van der Waals surface area contributed by atoms with E-state index in [1.165, 1.54) is 21.3 Å². The number of rotatable bonds is 7. The molecule has 0 aliphatic heterocycles. The Balaban J connectivity index is 2.07. The predicted octanol–water partition coefficient (Wildman–Crippen LogP) is 4.15. The number of methoxy groups -OCH3 is 3. The minimum absolute atomic E-state index is 0.170. The molecular weight excluding hydrogens is 414 g/mol. The first-order valence-electron chi connectivity index (χ1n) is 7.16. The molecule has 1 N–H and O–H groups in total. The lowest BCUT2D eigenvalue weighted by atomic mass is 10.2. The molecule has 0 aliphatic carbocycles. The molecule has 0 fully saturated rings. The molecule has 0 heterocycles. The van der Waals surface area contributed by atoms with Gasteiger partial charge in [0.05, 0.1) is 25.8 Å². The summed E-state index contributed by atoms with van der Waals surface area (Å²) < 4.78 is 21.9. The molecule has 0 bridgehead atoms. The SMILES string of the molecule is COc1cc(NC(=O)COc2ccc(Cl)cc2Br)cc(OC)c1OC. The van der Waals surface area contributed by atoms with Crippen molar-refractivity contribution in [2.24, 2.45) is 0 Å². The van der Waals surface area contributed by atoms with Gasteiger partial charge in [-0.1, -0.05) is 11.6 Å². The first-order valence-corrected chi connectivity index (χ1v) is 8.33. The van der Waals surface area contributed by atoms with Crippen LogP contribution in [0.3, 0.4) is 0 Å². The highest BCUT2D eigenvalue weighted by Crippen LogP contribution is 2.39. The van der Waals surface area contributed by atoms with Crippen LogP contribution < -0.4 is 24.3 Å². The second-order valence-electron chi connectivity index (χ2n) is 4.83. The van der Waals surface area contributed by atoms with E-state index < -0.39 is 0 Å². The van der Waals surface area contributed by atoms with E-state index in [2.05, 4.69) is 21.2 Å². The second kappa shape index (κ2) is 8.82. The summed E-state index contributed by atoms with van der Waals surface area (Å²) in [6.45, 7) is -0.170. The van der Waals surface area contributed by atoms with Crippen LogP contribution in [0.2, 0.25) is 5.02 Å². The van der Waals surface area contributed by atoms with E-state index in [0.717, 1.165) is 0 Å². The molecule has 8 heteroatoms. The minimum Gasteiger partial charge on any atom is -0.493 e. The molecule has 134 valence electrons. The molecule has 25 heavy (non-hydrogen) atoms. The van der Waals surface area contributed by atoms with E-state index in [4.69, 9.17) is 30.5 Å². The highest BCUT2D eigenvalue weighted by Gasteiger charge is 2.15. The van der Waals surface area contributed by atoms with E-state index in [0.29, 0.717) is 38.2 Å². The van der Waals surface area contributed by atoms with Gasteiger partial charge >= 0.3 is 0 Å². The summed E-state index contributed by atoms with van der Waals surface area (Å²) in [7, 11) is 4.52. The Hall–Kier alpha value is -2.12. The Morgan fingerprint density at radius 3 is 2.20 bits per heavy atom. The lowest BCUT2D eigenvalue weighted by Gasteiger charge is -2.15. The van der Waals surface area contributed by atoms with Crippen LogP contribution >= 0.6 is 27.5 Å². The first-order chi connectivity index (χ1) is 12.0. The van der Waals surface area contributed by atoms with Crippen molar-refractivity contribution in [3.8, 4) is 23.0 Å². The molecule has 0 spiro atoms. The summed E-state index contributed by atoms with van der Waals surface area (Å²) in [4.78, 5) is 12.1. The standard InChI is InChI=1S/C17H17BrClNO5/c1-22-14-7-11(8-15(23-2)17(14)24-3)20-16(21)9-25-13-5-4-10(19)6-12(13)18/h4-8H,9H2,1-3H3,(H,20,21). The van der Waals surface area contributed by atoms with E-state index in [1.54, 1.807) is 30.3 Å². The molecule has 0 unspecified atom stereocenters. The van der Waals surface area contributed by atoms with Crippen LogP contribution in [-0.2, 0) is 4.79 Å². The number of hydrogen-bond acceptors (Lipinski definition) is 5. The van der Waals surface area contributed by atoms with Crippen LogP contribution in [0.25, 0.3) is 0 Å². The fourth-order valence-corrected chi connectivity index (χ4v) is 2.88. The number of carbonyl (C=O) groups is 1. The highest BCUT2D eigenvalue weighted by atomic mass is 79.9. The maximum Gasteiger partial charge on any atom is 0.262 e. The smallest absolute Gasteiger partial charge is 0.262 e. The van der Waals surface area contributed by atoms with Gasteiger partial charge in [-0.25, -0.2) is 0 Å². The lowest BCUT2D eigenvalue weighted by Crippen LogP contribution is -2.20. The Labute approximate surface area is 159 Å². The zero-order valence-corrected chi connectivity index (χ0v) is 16.2. The summed E-state index contributed by atoms with van der Waals surface area (Å²) >= 11 is 9.20. The Morgan fingerprint density at radius 2 is 1.68 bits per heavy atom. The van der Waals surface area contributed by atoms with E-state index in [1.807, 2.05) is 0 Å². The third-order valence-corrected chi connectivity index (χ3v) is 4.06. The molecule has 6 nitrogen and oxygen atoms in total. The third kappa shape index (κ3) is 4.93. The van der Waals surface area contributed by atoms with E-state index >= 15 is 0 Å². The van der Waals surface area contributed by atoms with Crippen LogP contribution in [-0.4, -0.2) is 33.8 Å². The Kier molecular flexibility index (Phi) is 6.78. The normalized spacial score (nSPS) is 10.1. The highest BCUT2D eigenvalue weighted by molar-refractivity contribution is 9.10. The van der Waals surface area contributed by atoms with Gasteiger partial charge in [-0.3, -0.25) is 4.79 Å². The molecule has 2 aromatic carbocycles. The van der Waals surface area contributed by atoms with Gasteiger partial charge in [0, 0.05) is 22.8 Å². The van der Waals surface area contributed by atoms with Gasteiger partial charge in [0.2, 0.25) is 5.75 Å². The van der Waals surface area contributed by atoms with Crippen molar-refractivity contribution in [3.63, 3.8) is 0 Å². The Bertz CT molecular complexity index is 744. The van der Waals surface area contributed by atoms with Crippen LogP contribution in [0.1, 0.15) is 0 Å². The van der Waals surface area contributed by atoms with Crippen molar-refractivity contribution in [1.29, 1.82) is 0 Å². The monoisotopic (exact) mass is 429 g/mol. The molecule has 0 saturated carbocycles. The van der Waals surface area contributed by atoms with Crippen molar-refractivity contribution in [3.05, 3.63) is 39.8 Å². The molecule has 0 saturated heterocycles. The van der Waals surface area contributed by atoms with Crippen LogP contribution in [0, 0.1) is 0 Å². The lowest BCUT2D eigenvalue weighted by molar-refractivity contribution is -0.118. The first kappa shape index (κ1) is 19.2. The van der Waals surface area contributed by atoms with Gasteiger partial charge in [0.25, 0.3) is 5.91 Å². The van der Waals surface area contributed by atoms with Crippen LogP contribution in [0.15, 0.2) is 34.8 Å². The fraction of sp³-hybridized carbons (Fsp3) is 0.235. The van der Waals surface area contributed by atoms with E-state index in [9.17, 15) is 4.79 Å². The van der Waals surface area contributed by atoms with Crippen molar-refractivity contribution in [2.45, 2.75) is 0 Å². The van der Waals surface area contributed by atoms with Crippen molar-refractivity contribution in [1.82, 2.24) is 0 Å². The van der Waals surface area contributed by atoms with Gasteiger partial charge < -0.3 is 24.3 Å². The zero-order chi connectivity index (χ0) is 18.4. The molecule has 0 atom stereocenters. The number of benzene rings is 2. The zero-order valence-electron chi connectivity index (χ0n) is 13.9. The van der Waals surface area contributed by atoms with Gasteiger partial charge in [-0.05, 0) is 34.1 Å². The maximum atomic E-state index is 12.1. The second-order valence-corrected chi connectivity index (χ2v) is 6.12. The maximum absolute atomic E-state index is 12.1. The summed E-state index contributed by atoms with van der Waals surface area (Å²) in [5.41, 5.74) is 0.498. The van der Waals surface area contributed by atoms with Gasteiger partial charge in [0.1, 0.15) is 5.75 Å². The average molecular weight is 431 g/mol. The van der Waals surface area contributed by atoms with E-state index in [-0.39, 0.29) is 12.5 Å². The number of anilines is 1. The number of nitrogens with one attached hydrogen (secondary N) is 1. The topological polar surface area (TPSA) is 66.0 Å². The average Bonchev–Trinajstić information content (AvgIpc) is 2.60. The van der Waals surface area contributed by atoms with Crippen molar-refractivity contribution in [2.75, 3.05) is 33.3 Å². The van der Waals surface area contributed by atoms with Crippen molar-refractivity contribution >= 4 is 39.1 Å². The van der Waals surface area contributed by atoms with Crippen LogP contribution in [0.5, 0.6) is 23.0 Å². The summed E-state index contributed by atoms with van der Waals surface area (Å²) in [6.07, 6.45) is 0. The minimum atomic E-state index is -0.337. The number of amides is 1. The summed E-state index contributed by atoms with van der Waals surface area (Å²) in [5.74, 6) is 1.52. The molecular formula is C17H17BrClNO5. The number of hydrogen-bond donors (Lipinski definition) is 1.